The minimum absolute atomic E-state index is 0.0141. The fourth-order valence-corrected chi connectivity index (χ4v) is 4.52. The van der Waals surface area contributed by atoms with Crippen LogP contribution in [0.3, 0.4) is 0 Å². The van der Waals surface area contributed by atoms with Crippen molar-refractivity contribution in [2.24, 2.45) is 0 Å². The van der Waals surface area contributed by atoms with Crippen LogP contribution < -0.4 is 5.56 Å². The third-order valence-corrected chi connectivity index (χ3v) is 6.43. The van der Waals surface area contributed by atoms with E-state index < -0.39 is 0 Å². The maximum atomic E-state index is 12.9. The van der Waals surface area contributed by atoms with Crippen LogP contribution in [0.25, 0.3) is 0 Å². The summed E-state index contributed by atoms with van der Waals surface area (Å²) in [6, 6.07) is 24.5. The smallest absolute Gasteiger partial charge is 0.267 e. The zero-order valence-corrected chi connectivity index (χ0v) is 18.1. The van der Waals surface area contributed by atoms with Gasteiger partial charge in [-0.05, 0) is 30.0 Å². The molecular formula is C26H28N4O2. The number of nitrogens with zero attached hydrogens (tertiary/aromatic N) is 4. The molecule has 0 unspecified atom stereocenters. The van der Waals surface area contributed by atoms with Crippen LogP contribution in [-0.4, -0.2) is 51.7 Å². The Kier molecular flexibility index (Phi) is 5.86. The Bertz CT molecular complexity index is 1080. The fraction of sp³-hybridized carbons (Fsp3) is 0.346. The molecule has 1 aliphatic heterocycles. The summed E-state index contributed by atoms with van der Waals surface area (Å²) in [6.45, 7) is 2.87. The van der Waals surface area contributed by atoms with E-state index in [1.807, 2.05) is 17.0 Å². The van der Waals surface area contributed by atoms with Gasteiger partial charge in [-0.1, -0.05) is 60.7 Å². The molecule has 1 saturated heterocycles. The Balaban J connectivity index is 1.27. The van der Waals surface area contributed by atoms with Gasteiger partial charge in [-0.15, -0.1) is 0 Å². The van der Waals surface area contributed by atoms with Crippen molar-refractivity contribution in [3.8, 4) is 0 Å². The number of carbonyl (C=O) groups is 1. The summed E-state index contributed by atoms with van der Waals surface area (Å²) in [6.07, 6.45) is 2.23. The molecule has 2 fully saturated rings. The summed E-state index contributed by atoms with van der Waals surface area (Å²) in [5, 5.41) is 4.44. The molecule has 164 valence electrons. The van der Waals surface area contributed by atoms with Gasteiger partial charge in [0.15, 0.2) is 0 Å². The van der Waals surface area contributed by atoms with Gasteiger partial charge < -0.3 is 4.90 Å². The third-order valence-electron chi connectivity index (χ3n) is 6.43. The molecule has 1 aromatic heterocycles. The van der Waals surface area contributed by atoms with Gasteiger partial charge in [0.05, 0.1) is 11.7 Å². The second-order valence-electron chi connectivity index (χ2n) is 8.67. The molecule has 0 radical (unpaired) electrons. The van der Waals surface area contributed by atoms with Crippen LogP contribution in [0.2, 0.25) is 0 Å². The Morgan fingerprint density at radius 3 is 2.00 bits per heavy atom. The summed E-state index contributed by atoms with van der Waals surface area (Å²) < 4.78 is 1.33. The lowest BCUT2D eigenvalue weighted by Crippen LogP contribution is -2.51. The average molecular weight is 429 g/mol. The van der Waals surface area contributed by atoms with Crippen LogP contribution >= 0.6 is 0 Å². The SMILES string of the molecule is O=C(Cn1nc(C2CC2)ccc1=O)N1CCN(C(c2ccccc2)c2ccccc2)CC1. The standard InChI is InChI=1S/C26H28N4O2/c31-24-14-13-23(20-11-12-20)27-30(24)19-25(32)28-15-17-29(18-16-28)26(21-7-3-1-4-8-21)22-9-5-2-6-10-22/h1-10,13-14,20,26H,11-12,15-19H2. The molecule has 1 amide bonds. The second-order valence-corrected chi connectivity index (χ2v) is 8.67. The van der Waals surface area contributed by atoms with E-state index in [1.54, 1.807) is 6.07 Å². The number of carbonyl (C=O) groups excluding carboxylic acids is 1. The van der Waals surface area contributed by atoms with E-state index in [2.05, 4.69) is 58.5 Å². The summed E-state index contributed by atoms with van der Waals surface area (Å²) >= 11 is 0. The van der Waals surface area contributed by atoms with Crippen LogP contribution in [0.15, 0.2) is 77.6 Å². The Hall–Kier alpha value is -3.25. The van der Waals surface area contributed by atoms with E-state index in [1.165, 1.54) is 21.9 Å². The first-order chi connectivity index (χ1) is 15.7. The molecular weight excluding hydrogens is 400 g/mol. The van der Waals surface area contributed by atoms with Crippen molar-refractivity contribution in [3.05, 3.63) is 100.0 Å². The molecule has 1 aliphatic carbocycles. The van der Waals surface area contributed by atoms with Gasteiger partial charge in [-0.25, -0.2) is 4.68 Å². The number of rotatable bonds is 6. The molecule has 2 aliphatic rings. The normalized spacial score (nSPS) is 17.0. The van der Waals surface area contributed by atoms with Gasteiger partial charge in [-0.2, -0.15) is 5.10 Å². The van der Waals surface area contributed by atoms with Gasteiger partial charge in [0.25, 0.3) is 5.56 Å². The van der Waals surface area contributed by atoms with Crippen molar-refractivity contribution >= 4 is 5.91 Å². The minimum Gasteiger partial charge on any atom is -0.339 e. The first-order valence-electron chi connectivity index (χ1n) is 11.4. The highest BCUT2D eigenvalue weighted by Crippen LogP contribution is 2.38. The van der Waals surface area contributed by atoms with Crippen molar-refractivity contribution in [2.45, 2.75) is 31.3 Å². The molecule has 6 nitrogen and oxygen atoms in total. The number of hydrogen-bond acceptors (Lipinski definition) is 4. The van der Waals surface area contributed by atoms with Crippen molar-refractivity contribution in [1.29, 1.82) is 0 Å². The van der Waals surface area contributed by atoms with Crippen molar-refractivity contribution in [2.75, 3.05) is 26.2 Å². The highest BCUT2D eigenvalue weighted by molar-refractivity contribution is 5.76. The molecule has 2 aromatic carbocycles. The summed E-state index contributed by atoms with van der Waals surface area (Å²) in [4.78, 5) is 29.4. The predicted octanol–water partition coefficient (Wildman–Crippen LogP) is 3.05. The number of piperazine rings is 1. The van der Waals surface area contributed by atoms with E-state index in [-0.39, 0.29) is 24.1 Å². The van der Waals surface area contributed by atoms with E-state index in [9.17, 15) is 9.59 Å². The predicted molar refractivity (Wildman–Crippen MR) is 123 cm³/mol. The van der Waals surface area contributed by atoms with Gasteiger partial charge >= 0.3 is 0 Å². The molecule has 2 heterocycles. The van der Waals surface area contributed by atoms with Gasteiger partial charge in [0, 0.05) is 38.2 Å². The van der Waals surface area contributed by atoms with Crippen molar-refractivity contribution < 1.29 is 4.79 Å². The summed E-state index contributed by atoms with van der Waals surface area (Å²) in [5.74, 6) is 0.413. The zero-order chi connectivity index (χ0) is 21.9. The number of amides is 1. The summed E-state index contributed by atoms with van der Waals surface area (Å²) in [5.41, 5.74) is 3.22. The third kappa shape index (κ3) is 4.50. The van der Waals surface area contributed by atoms with E-state index in [0.29, 0.717) is 19.0 Å². The van der Waals surface area contributed by atoms with Crippen LogP contribution in [0, 0.1) is 0 Å². The van der Waals surface area contributed by atoms with Crippen LogP contribution in [0.4, 0.5) is 0 Å². The zero-order valence-electron chi connectivity index (χ0n) is 18.1. The second kappa shape index (κ2) is 9.09. The lowest BCUT2D eigenvalue weighted by molar-refractivity contribution is -0.134. The van der Waals surface area contributed by atoms with E-state index in [0.717, 1.165) is 31.6 Å². The van der Waals surface area contributed by atoms with Gasteiger partial charge in [-0.3, -0.25) is 14.5 Å². The monoisotopic (exact) mass is 428 g/mol. The molecule has 3 aromatic rings. The first kappa shape index (κ1) is 20.6. The highest BCUT2D eigenvalue weighted by atomic mass is 16.2. The highest BCUT2D eigenvalue weighted by Gasteiger charge is 2.29. The lowest BCUT2D eigenvalue weighted by atomic mass is 9.96. The number of benzene rings is 2. The topological polar surface area (TPSA) is 58.4 Å². The Labute approximate surface area is 188 Å². The van der Waals surface area contributed by atoms with Crippen LogP contribution in [-0.2, 0) is 11.3 Å². The minimum atomic E-state index is -0.213. The van der Waals surface area contributed by atoms with Crippen molar-refractivity contribution in [3.63, 3.8) is 0 Å². The number of aromatic nitrogens is 2. The molecule has 32 heavy (non-hydrogen) atoms. The number of hydrogen-bond donors (Lipinski definition) is 0. The summed E-state index contributed by atoms with van der Waals surface area (Å²) in [7, 11) is 0. The molecule has 0 bridgehead atoms. The fourth-order valence-electron chi connectivity index (χ4n) is 4.52. The average Bonchev–Trinajstić information content (AvgIpc) is 3.68. The molecule has 0 spiro atoms. The van der Waals surface area contributed by atoms with Crippen LogP contribution in [0.1, 0.15) is 41.6 Å². The Morgan fingerprint density at radius 2 is 1.44 bits per heavy atom. The largest absolute Gasteiger partial charge is 0.339 e. The van der Waals surface area contributed by atoms with Crippen LogP contribution in [0.5, 0.6) is 0 Å². The molecule has 5 rings (SSSR count). The molecule has 0 N–H and O–H groups in total. The Morgan fingerprint density at radius 1 is 0.844 bits per heavy atom. The quantitative estimate of drug-likeness (QED) is 0.606. The lowest BCUT2D eigenvalue weighted by Gasteiger charge is -2.39. The maximum absolute atomic E-state index is 12.9. The molecule has 6 heteroatoms. The van der Waals surface area contributed by atoms with E-state index >= 15 is 0 Å². The molecule has 1 saturated carbocycles. The molecule has 0 atom stereocenters. The van der Waals surface area contributed by atoms with Crippen molar-refractivity contribution in [1.82, 2.24) is 19.6 Å². The van der Waals surface area contributed by atoms with E-state index in [4.69, 9.17) is 0 Å². The first-order valence-corrected chi connectivity index (χ1v) is 11.4. The van der Waals surface area contributed by atoms with Gasteiger partial charge in [0.1, 0.15) is 6.54 Å². The maximum Gasteiger partial charge on any atom is 0.267 e. The van der Waals surface area contributed by atoms with Gasteiger partial charge in [0.2, 0.25) is 5.91 Å².